The van der Waals surface area contributed by atoms with E-state index in [0.717, 1.165) is 30.2 Å². The topological polar surface area (TPSA) is 41.5 Å². The van der Waals surface area contributed by atoms with Crippen LogP contribution in [0.5, 0.6) is 0 Å². The molecule has 18 heavy (non-hydrogen) atoms. The van der Waals surface area contributed by atoms with Crippen molar-refractivity contribution in [3.05, 3.63) is 34.9 Å². The number of rotatable bonds is 1. The molecular weight excluding hydrogens is 248 g/mol. The van der Waals surface area contributed by atoms with E-state index >= 15 is 0 Å². The molecule has 2 unspecified atom stereocenters. The summed E-state index contributed by atoms with van der Waals surface area (Å²) < 4.78 is 0. The van der Waals surface area contributed by atoms with Gasteiger partial charge in [-0.25, -0.2) is 0 Å². The third-order valence-corrected chi connectivity index (χ3v) is 4.53. The highest BCUT2D eigenvalue weighted by molar-refractivity contribution is 6.47. The van der Waals surface area contributed by atoms with E-state index in [1.807, 2.05) is 12.1 Å². The van der Waals surface area contributed by atoms with Gasteiger partial charge in [-0.1, -0.05) is 23.7 Å². The number of carbonyl (C=O) groups is 1. The van der Waals surface area contributed by atoms with E-state index in [9.17, 15) is 4.79 Å². The van der Waals surface area contributed by atoms with Crippen molar-refractivity contribution >= 4 is 23.2 Å². The first-order chi connectivity index (χ1) is 8.65. The maximum Gasteiger partial charge on any atom is 0.272 e. The second kappa shape index (κ2) is 3.35. The molecule has 2 saturated carbocycles. The summed E-state index contributed by atoms with van der Waals surface area (Å²) in [6, 6.07) is 7.30. The maximum absolute atomic E-state index is 12.1. The number of fused-ring (bicyclic) bond motifs is 1. The minimum Gasteiger partial charge on any atom is -0.326 e. The molecule has 3 aliphatic rings. The molecule has 2 atom stereocenters. The van der Waals surface area contributed by atoms with Crippen LogP contribution in [0.4, 0.5) is 0 Å². The van der Waals surface area contributed by atoms with Gasteiger partial charge in [-0.3, -0.25) is 9.79 Å². The minimum atomic E-state index is -0.292. The van der Waals surface area contributed by atoms with Crippen molar-refractivity contribution in [3.63, 3.8) is 0 Å². The van der Waals surface area contributed by atoms with Crippen LogP contribution >= 0.6 is 11.6 Å². The molecule has 2 fully saturated rings. The third kappa shape index (κ3) is 1.50. The molecule has 1 N–H and O–H groups in total. The molecule has 1 aromatic rings. The van der Waals surface area contributed by atoms with Gasteiger partial charge in [-0.2, -0.15) is 0 Å². The summed E-state index contributed by atoms with van der Waals surface area (Å²) in [4.78, 5) is 16.8. The van der Waals surface area contributed by atoms with Gasteiger partial charge in [0.25, 0.3) is 5.91 Å². The smallest absolute Gasteiger partial charge is 0.272 e. The van der Waals surface area contributed by atoms with Gasteiger partial charge in [-0.05, 0) is 43.2 Å². The lowest BCUT2D eigenvalue weighted by molar-refractivity contribution is -0.115. The molecule has 0 aromatic heterocycles. The summed E-state index contributed by atoms with van der Waals surface area (Å²) in [7, 11) is 0. The van der Waals surface area contributed by atoms with Gasteiger partial charge >= 0.3 is 0 Å². The molecule has 0 radical (unpaired) electrons. The van der Waals surface area contributed by atoms with Crippen LogP contribution in [0.2, 0.25) is 5.02 Å². The van der Waals surface area contributed by atoms with Crippen molar-refractivity contribution < 1.29 is 4.79 Å². The second-order valence-corrected chi connectivity index (χ2v) is 6.05. The fraction of sp³-hybridized carbons (Fsp3) is 0.429. The Morgan fingerprint density at radius 2 is 1.89 bits per heavy atom. The third-order valence-electron chi connectivity index (χ3n) is 4.27. The average Bonchev–Trinajstić information content (AvgIpc) is 2.83. The summed E-state index contributed by atoms with van der Waals surface area (Å²) in [5.74, 6) is 1.54. The number of nitrogens with one attached hydrogen (secondary N) is 1. The van der Waals surface area contributed by atoms with E-state index in [0.29, 0.717) is 10.7 Å². The zero-order chi connectivity index (χ0) is 12.3. The number of nitrogens with zero attached hydrogens (tertiary/aromatic N) is 1. The maximum atomic E-state index is 12.1. The summed E-state index contributed by atoms with van der Waals surface area (Å²) in [6.07, 6.45) is 3.35. The molecule has 1 heterocycles. The fourth-order valence-corrected chi connectivity index (χ4v) is 3.45. The molecule has 4 rings (SSSR count). The first-order valence-corrected chi connectivity index (χ1v) is 6.71. The number of carbonyl (C=O) groups excluding carboxylic acids is 1. The molecule has 1 spiro atoms. The van der Waals surface area contributed by atoms with Crippen LogP contribution in [0.25, 0.3) is 0 Å². The highest BCUT2D eigenvalue weighted by atomic mass is 35.5. The molecule has 0 saturated heterocycles. The minimum absolute atomic E-state index is 0.0429. The zero-order valence-electron chi connectivity index (χ0n) is 9.82. The van der Waals surface area contributed by atoms with Crippen LogP contribution in [0.1, 0.15) is 24.8 Å². The Hall–Kier alpha value is -1.35. The van der Waals surface area contributed by atoms with Crippen molar-refractivity contribution in [2.75, 3.05) is 0 Å². The second-order valence-electron chi connectivity index (χ2n) is 5.62. The number of hydrogen-bond donors (Lipinski definition) is 1. The first kappa shape index (κ1) is 10.6. The Morgan fingerprint density at radius 3 is 2.56 bits per heavy atom. The van der Waals surface area contributed by atoms with E-state index in [1.54, 1.807) is 12.1 Å². The van der Waals surface area contributed by atoms with E-state index < -0.39 is 0 Å². The largest absolute Gasteiger partial charge is 0.326 e. The predicted octanol–water partition coefficient (Wildman–Crippen LogP) is 2.39. The van der Waals surface area contributed by atoms with Crippen LogP contribution in [0, 0.1) is 11.8 Å². The Bertz CT molecular complexity index is 554. The molecule has 1 amide bonds. The normalized spacial score (nSPS) is 36.5. The van der Waals surface area contributed by atoms with Crippen LogP contribution in [-0.4, -0.2) is 17.3 Å². The highest BCUT2D eigenvalue weighted by Gasteiger charge is 2.56. The standard InChI is InChI=1S/C14H13ClN2O/c15-11-3-1-8(2-4-11)12-13(18)17-14(16-12)6-9-5-10(9)7-14/h1-4,9-10H,5-7H2,(H,17,18). The van der Waals surface area contributed by atoms with Crippen LogP contribution in [0.15, 0.2) is 29.3 Å². The Balaban J connectivity index is 1.69. The highest BCUT2D eigenvalue weighted by Crippen LogP contribution is 2.57. The average molecular weight is 261 g/mol. The van der Waals surface area contributed by atoms with Crippen LogP contribution < -0.4 is 5.32 Å². The Kier molecular flexibility index (Phi) is 1.97. The van der Waals surface area contributed by atoms with Crippen molar-refractivity contribution in [3.8, 4) is 0 Å². The lowest BCUT2D eigenvalue weighted by Crippen LogP contribution is -2.41. The van der Waals surface area contributed by atoms with Crippen LogP contribution in [0.3, 0.4) is 0 Å². The predicted molar refractivity (Wildman–Crippen MR) is 69.7 cm³/mol. The number of halogens is 1. The van der Waals surface area contributed by atoms with Gasteiger partial charge in [0.05, 0.1) is 0 Å². The molecule has 1 aromatic carbocycles. The van der Waals surface area contributed by atoms with Crippen LogP contribution in [-0.2, 0) is 4.79 Å². The summed E-state index contributed by atoms with van der Waals surface area (Å²) in [5.41, 5.74) is 1.13. The van der Waals surface area contributed by atoms with E-state index in [2.05, 4.69) is 5.32 Å². The zero-order valence-corrected chi connectivity index (χ0v) is 10.6. The van der Waals surface area contributed by atoms with Crippen molar-refractivity contribution in [2.45, 2.75) is 24.9 Å². The van der Waals surface area contributed by atoms with Gasteiger partial charge < -0.3 is 5.32 Å². The van der Waals surface area contributed by atoms with Crippen molar-refractivity contribution in [1.82, 2.24) is 5.32 Å². The van der Waals surface area contributed by atoms with E-state index in [1.165, 1.54) is 6.42 Å². The van der Waals surface area contributed by atoms with Gasteiger partial charge in [0, 0.05) is 10.6 Å². The molecule has 4 heteroatoms. The van der Waals surface area contributed by atoms with Gasteiger partial charge in [0.15, 0.2) is 0 Å². The summed E-state index contributed by atoms with van der Waals surface area (Å²) >= 11 is 5.86. The number of aliphatic imine (C=N–C) groups is 1. The van der Waals surface area contributed by atoms with Gasteiger partial charge in [-0.15, -0.1) is 0 Å². The Morgan fingerprint density at radius 1 is 1.22 bits per heavy atom. The van der Waals surface area contributed by atoms with E-state index in [-0.39, 0.29) is 11.6 Å². The summed E-state index contributed by atoms with van der Waals surface area (Å²) in [5, 5.41) is 3.75. The molecule has 92 valence electrons. The van der Waals surface area contributed by atoms with Crippen molar-refractivity contribution in [1.29, 1.82) is 0 Å². The van der Waals surface area contributed by atoms with E-state index in [4.69, 9.17) is 16.6 Å². The lowest BCUT2D eigenvalue weighted by Gasteiger charge is -2.21. The van der Waals surface area contributed by atoms with Crippen molar-refractivity contribution in [2.24, 2.45) is 16.8 Å². The fourth-order valence-electron chi connectivity index (χ4n) is 3.32. The Labute approximate surface area is 110 Å². The number of amides is 1. The monoisotopic (exact) mass is 260 g/mol. The lowest BCUT2D eigenvalue weighted by atomic mass is 10.1. The molecule has 0 bridgehead atoms. The summed E-state index contributed by atoms with van der Waals surface area (Å²) in [6.45, 7) is 0. The molecule has 2 aliphatic carbocycles. The van der Waals surface area contributed by atoms with Gasteiger partial charge in [0.2, 0.25) is 0 Å². The van der Waals surface area contributed by atoms with Gasteiger partial charge in [0.1, 0.15) is 11.4 Å². The quantitative estimate of drug-likeness (QED) is 0.828. The molecular formula is C14H13ClN2O. The molecule has 1 aliphatic heterocycles. The number of hydrogen-bond acceptors (Lipinski definition) is 2. The molecule has 3 nitrogen and oxygen atoms in total. The SMILES string of the molecule is O=C1NC2(CC3CC3C2)N=C1c1ccc(Cl)cc1. The first-order valence-electron chi connectivity index (χ1n) is 6.34. The number of benzene rings is 1.